The second-order valence-corrected chi connectivity index (χ2v) is 9.62. The standard InChI is InChI=1S/C26H27FN2O5S/c1-3-29(23-7-5-4-6-8-23)35(32,33)24-17-21(12-9-19(24)2)26(31)34-18-25(30)28-16-15-20-10-13-22(27)14-11-20/h4-14,17H,3,15-16,18H2,1-2H3,(H,28,30). The number of rotatable bonds is 10. The highest BCUT2D eigenvalue weighted by atomic mass is 32.2. The summed E-state index contributed by atoms with van der Waals surface area (Å²) in [6.45, 7) is 3.37. The van der Waals surface area contributed by atoms with E-state index in [9.17, 15) is 22.4 Å². The molecule has 0 aliphatic heterocycles. The second kappa shape index (κ2) is 11.6. The Morgan fingerprint density at radius 1 is 1.00 bits per heavy atom. The van der Waals surface area contributed by atoms with E-state index >= 15 is 0 Å². The number of nitrogens with one attached hydrogen (secondary N) is 1. The van der Waals surface area contributed by atoms with Crippen molar-refractivity contribution in [3.05, 3.63) is 95.3 Å². The molecule has 1 amide bonds. The van der Waals surface area contributed by atoms with Crippen molar-refractivity contribution < 1.29 is 27.1 Å². The lowest BCUT2D eigenvalue weighted by molar-refractivity contribution is -0.124. The number of anilines is 1. The van der Waals surface area contributed by atoms with Crippen molar-refractivity contribution in [1.82, 2.24) is 5.32 Å². The van der Waals surface area contributed by atoms with Crippen LogP contribution in [0.15, 0.2) is 77.7 Å². The lowest BCUT2D eigenvalue weighted by atomic mass is 10.1. The van der Waals surface area contributed by atoms with Crippen molar-refractivity contribution in [2.45, 2.75) is 25.2 Å². The monoisotopic (exact) mass is 498 g/mol. The second-order valence-electron chi connectivity index (χ2n) is 7.79. The quantitative estimate of drug-likeness (QED) is 0.429. The predicted octanol–water partition coefficient (Wildman–Crippen LogP) is 3.87. The van der Waals surface area contributed by atoms with Crippen LogP contribution in [0.3, 0.4) is 0 Å². The summed E-state index contributed by atoms with van der Waals surface area (Å²) < 4.78 is 46.0. The van der Waals surface area contributed by atoms with Gasteiger partial charge in [-0.15, -0.1) is 0 Å². The van der Waals surface area contributed by atoms with Crippen molar-refractivity contribution in [3.8, 4) is 0 Å². The van der Waals surface area contributed by atoms with Crippen molar-refractivity contribution in [1.29, 1.82) is 0 Å². The van der Waals surface area contributed by atoms with Crippen LogP contribution in [0, 0.1) is 12.7 Å². The zero-order chi connectivity index (χ0) is 25.4. The van der Waals surface area contributed by atoms with Crippen LogP contribution in [0.4, 0.5) is 10.1 Å². The van der Waals surface area contributed by atoms with Crippen LogP contribution in [0.5, 0.6) is 0 Å². The minimum absolute atomic E-state index is 0.0126. The highest BCUT2D eigenvalue weighted by molar-refractivity contribution is 7.92. The van der Waals surface area contributed by atoms with Gasteiger partial charge >= 0.3 is 5.97 Å². The number of nitrogens with zero attached hydrogens (tertiary/aromatic N) is 1. The SMILES string of the molecule is CCN(c1ccccc1)S(=O)(=O)c1cc(C(=O)OCC(=O)NCCc2ccc(F)cc2)ccc1C. The summed E-state index contributed by atoms with van der Waals surface area (Å²) in [6.07, 6.45) is 0.495. The van der Waals surface area contributed by atoms with E-state index in [2.05, 4.69) is 5.32 Å². The van der Waals surface area contributed by atoms with E-state index in [-0.39, 0.29) is 22.8 Å². The Bertz CT molecular complexity index is 1280. The maximum Gasteiger partial charge on any atom is 0.338 e. The number of carbonyl (C=O) groups excluding carboxylic acids is 2. The number of sulfonamides is 1. The molecule has 0 bridgehead atoms. The number of benzene rings is 3. The highest BCUT2D eigenvalue weighted by Gasteiger charge is 2.26. The topological polar surface area (TPSA) is 92.8 Å². The first-order chi connectivity index (χ1) is 16.7. The number of amides is 1. The Hall–Kier alpha value is -3.72. The van der Waals surface area contributed by atoms with Crippen molar-refractivity contribution in [2.75, 3.05) is 24.0 Å². The summed E-state index contributed by atoms with van der Waals surface area (Å²) in [4.78, 5) is 24.6. The highest BCUT2D eigenvalue weighted by Crippen LogP contribution is 2.26. The van der Waals surface area contributed by atoms with E-state index in [1.165, 1.54) is 34.6 Å². The third-order valence-corrected chi connectivity index (χ3v) is 7.35. The Labute approximate surface area is 204 Å². The van der Waals surface area contributed by atoms with E-state index < -0.39 is 28.5 Å². The normalized spacial score (nSPS) is 11.1. The van der Waals surface area contributed by atoms with Crippen LogP contribution in [-0.4, -0.2) is 40.0 Å². The fraction of sp³-hybridized carbons (Fsp3) is 0.231. The molecule has 184 valence electrons. The maximum atomic E-state index is 13.4. The Morgan fingerprint density at radius 3 is 2.34 bits per heavy atom. The molecule has 0 aliphatic carbocycles. The molecule has 9 heteroatoms. The van der Waals surface area contributed by atoms with Gasteiger partial charge in [-0.3, -0.25) is 9.10 Å². The number of aryl methyl sites for hydroxylation is 1. The van der Waals surface area contributed by atoms with Gasteiger partial charge in [0, 0.05) is 13.1 Å². The predicted molar refractivity (Wildman–Crippen MR) is 131 cm³/mol. The van der Waals surface area contributed by atoms with Gasteiger partial charge in [-0.25, -0.2) is 17.6 Å². The average Bonchev–Trinajstić information content (AvgIpc) is 2.85. The molecule has 0 heterocycles. The van der Waals surface area contributed by atoms with Crippen LogP contribution in [-0.2, 0) is 26.0 Å². The summed E-state index contributed by atoms with van der Waals surface area (Å²) in [7, 11) is -3.94. The van der Waals surface area contributed by atoms with E-state index in [1.54, 1.807) is 56.3 Å². The molecule has 0 aliphatic rings. The summed E-state index contributed by atoms with van der Waals surface area (Å²) in [5.41, 5.74) is 1.88. The van der Waals surface area contributed by atoms with Crippen molar-refractivity contribution >= 4 is 27.6 Å². The van der Waals surface area contributed by atoms with Gasteiger partial charge in [0.1, 0.15) is 5.82 Å². The molecule has 3 aromatic rings. The van der Waals surface area contributed by atoms with Gasteiger partial charge in [-0.2, -0.15) is 0 Å². The number of hydrogen-bond acceptors (Lipinski definition) is 5. The number of halogens is 1. The molecule has 35 heavy (non-hydrogen) atoms. The van der Waals surface area contributed by atoms with Crippen LogP contribution >= 0.6 is 0 Å². The fourth-order valence-electron chi connectivity index (χ4n) is 3.47. The van der Waals surface area contributed by atoms with Crippen LogP contribution in [0.25, 0.3) is 0 Å². The molecule has 7 nitrogen and oxygen atoms in total. The van der Waals surface area contributed by atoms with E-state index in [0.29, 0.717) is 24.2 Å². The first-order valence-electron chi connectivity index (χ1n) is 11.1. The minimum Gasteiger partial charge on any atom is -0.452 e. The zero-order valence-electron chi connectivity index (χ0n) is 19.5. The largest absolute Gasteiger partial charge is 0.452 e. The molecule has 3 rings (SSSR count). The Morgan fingerprint density at radius 2 is 1.69 bits per heavy atom. The average molecular weight is 499 g/mol. The van der Waals surface area contributed by atoms with Crippen LogP contribution in [0.1, 0.15) is 28.4 Å². The minimum atomic E-state index is -3.94. The Balaban J connectivity index is 1.63. The molecule has 0 spiro atoms. The molecular weight excluding hydrogens is 471 g/mol. The van der Waals surface area contributed by atoms with Gasteiger partial charge in [0.2, 0.25) is 0 Å². The summed E-state index contributed by atoms with van der Waals surface area (Å²) in [6, 6.07) is 18.9. The van der Waals surface area contributed by atoms with E-state index in [0.717, 1.165) is 5.56 Å². The number of hydrogen-bond donors (Lipinski definition) is 1. The fourth-order valence-corrected chi connectivity index (χ4v) is 5.20. The van der Waals surface area contributed by atoms with Gasteiger partial charge in [-0.05, 0) is 67.8 Å². The van der Waals surface area contributed by atoms with Crippen LogP contribution < -0.4 is 9.62 Å². The molecule has 0 atom stereocenters. The molecule has 0 saturated heterocycles. The van der Waals surface area contributed by atoms with Gasteiger partial charge in [-0.1, -0.05) is 36.4 Å². The van der Waals surface area contributed by atoms with Crippen LogP contribution in [0.2, 0.25) is 0 Å². The zero-order valence-corrected chi connectivity index (χ0v) is 20.3. The number of esters is 1. The molecule has 0 unspecified atom stereocenters. The lowest BCUT2D eigenvalue weighted by Crippen LogP contribution is -2.31. The molecular formula is C26H27FN2O5S. The summed E-state index contributed by atoms with van der Waals surface area (Å²) in [5, 5.41) is 2.63. The van der Waals surface area contributed by atoms with Crippen molar-refractivity contribution in [3.63, 3.8) is 0 Å². The first kappa shape index (κ1) is 25.9. The number of ether oxygens (including phenoxy) is 1. The van der Waals surface area contributed by atoms with Gasteiger partial charge in [0.15, 0.2) is 6.61 Å². The summed E-state index contributed by atoms with van der Waals surface area (Å²) in [5.74, 6) is -1.64. The van der Waals surface area contributed by atoms with E-state index in [4.69, 9.17) is 4.74 Å². The maximum absolute atomic E-state index is 13.4. The summed E-state index contributed by atoms with van der Waals surface area (Å²) >= 11 is 0. The number of para-hydroxylation sites is 1. The van der Waals surface area contributed by atoms with Gasteiger partial charge in [0.25, 0.3) is 15.9 Å². The van der Waals surface area contributed by atoms with Gasteiger partial charge < -0.3 is 10.1 Å². The molecule has 0 fully saturated rings. The molecule has 0 aromatic heterocycles. The third kappa shape index (κ3) is 6.66. The third-order valence-electron chi connectivity index (χ3n) is 5.31. The molecule has 0 radical (unpaired) electrons. The first-order valence-corrected chi connectivity index (χ1v) is 12.5. The number of carbonyl (C=O) groups is 2. The van der Waals surface area contributed by atoms with Crippen molar-refractivity contribution in [2.24, 2.45) is 0 Å². The lowest BCUT2D eigenvalue weighted by Gasteiger charge is -2.24. The molecule has 0 saturated carbocycles. The molecule has 3 aromatic carbocycles. The Kier molecular flexibility index (Phi) is 8.59. The smallest absolute Gasteiger partial charge is 0.338 e. The van der Waals surface area contributed by atoms with Gasteiger partial charge in [0.05, 0.1) is 16.1 Å². The van der Waals surface area contributed by atoms with E-state index in [1.807, 2.05) is 0 Å². The molecule has 1 N–H and O–H groups in total.